The predicted molar refractivity (Wildman–Crippen MR) is 91.0 cm³/mol. The molecule has 1 fully saturated rings. The first-order chi connectivity index (χ1) is 10.6. The Balaban J connectivity index is 1.86. The zero-order valence-electron chi connectivity index (χ0n) is 15.0. The van der Waals surface area contributed by atoms with E-state index in [1.54, 1.807) is 0 Å². The van der Waals surface area contributed by atoms with Gasteiger partial charge in [0.15, 0.2) is 5.60 Å². The highest BCUT2D eigenvalue weighted by Crippen LogP contribution is 2.40. The highest BCUT2D eigenvalue weighted by Gasteiger charge is 2.59. The van der Waals surface area contributed by atoms with Crippen LogP contribution in [0.15, 0.2) is 0 Å². The third kappa shape index (κ3) is 7.13. The van der Waals surface area contributed by atoms with Crippen LogP contribution in [0.1, 0.15) is 97.8 Å². The third-order valence-corrected chi connectivity index (χ3v) is 4.69. The fourth-order valence-corrected chi connectivity index (χ4v) is 3.04. The van der Waals surface area contributed by atoms with E-state index in [9.17, 15) is 4.79 Å². The molecule has 0 amide bonds. The number of hydrogen-bond donors (Lipinski definition) is 0. The van der Waals surface area contributed by atoms with E-state index in [0.29, 0.717) is 6.61 Å². The summed E-state index contributed by atoms with van der Waals surface area (Å²) in [5.41, 5.74) is -0.644. The van der Waals surface area contributed by atoms with Crippen LogP contribution < -0.4 is 0 Å². The summed E-state index contributed by atoms with van der Waals surface area (Å²) in [6.07, 6.45) is 15.9. The van der Waals surface area contributed by atoms with Crippen molar-refractivity contribution in [2.45, 2.75) is 110 Å². The van der Waals surface area contributed by atoms with Gasteiger partial charge in [0.05, 0.1) is 12.7 Å². The van der Waals surface area contributed by atoms with E-state index < -0.39 is 5.60 Å². The number of ether oxygens (including phenoxy) is 2. The lowest BCUT2D eigenvalue weighted by atomic mass is 10.0. The smallest absolute Gasteiger partial charge is 0.340 e. The van der Waals surface area contributed by atoms with Gasteiger partial charge >= 0.3 is 5.97 Å². The fourth-order valence-electron chi connectivity index (χ4n) is 3.04. The number of carbonyl (C=O) groups is 1. The van der Waals surface area contributed by atoms with Gasteiger partial charge in [-0.15, -0.1) is 0 Å². The van der Waals surface area contributed by atoms with Crippen LogP contribution in [0.25, 0.3) is 0 Å². The van der Waals surface area contributed by atoms with Crippen LogP contribution in [0.4, 0.5) is 0 Å². The van der Waals surface area contributed by atoms with Gasteiger partial charge < -0.3 is 9.47 Å². The molecule has 130 valence electrons. The first-order valence-electron chi connectivity index (χ1n) is 9.50. The Morgan fingerprint density at radius 1 is 0.909 bits per heavy atom. The van der Waals surface area contributed by atoms with E-state index in [1.807, 2.05) is 13.8 Å². The molecule has 3 heteroatoms. The van der Waals surface area contributed by atoms with Gasteiger partial charge in [-0.3, -0.25) is 0 Å². The summed E-state index contributed by atoms with van der Waals surface area (Å²) < 4.78 is 10.6. The monoisotopic (exact) mass is 312 g/mol. The summed E-state index contributed by atoms with van der Waals surface area (Å²) in [6.45, 7) is 6.39. The highest BCUT2D eigenvalue weighted by atomic mass is 16.7. The molecule has 0 saturated carbocycles. The van der Waals surface area contributed by atoms with Crippen LogP contribution in [0.3, 0.4) is 0 Å². The summed E-state index contributed by atoms with van der Waals surface area (Å²) in [5, 5.41) is 0. The normalized spacial score (nSPS) is 23.5. The Morgan fingerprint density at radius 3 is 1.91 bits per heavy atom. The van der Waals surface area contributed by atoms with Crippen molar-refractivity contribution < 1.29 is 14.3 Å². The molecular formula is C19H36O3. The number of unbranched alkanes of at least 4 members (excludes halogenated alkanes) is 10. The molecule has 1 rings (SSSR count). The van der Waals surface area contributed by atoms with Crippen molar-refractivity contribution in [3.8, 4) is 0 Å². The van der Waals surface area contributed by atoms with Crippen LogP contribution in [0.5, 0.6) is 0 Å². The molecule has 2 atom stereocenters. The zero-order chi connectivity index (χ0) is 16.3. The topological polar surface area (TPSA) is 38.8 Å². The van der Waals surface area contributed by atoms with Crippen LogP contribution in [-0.2, 0) is 14.3 Å². The van der Waals surface area contributed by atoms with Crippen molar-refractivity contribution in [2.75, 3.05) is 6.61 Å². The quantitative estimate of drug-likeness (QED) is 0.244. The Kier molecular flexibility index (Phi) is 9.77. The van der Waals surface area contributed by atoms with Gasteiger partial charge in [0.2, 0.25) is 0 Å². The summed E-state index contributed by atoms with van der Waals surface area (Å²) in [6, 6.07) is 0. The van der Waals surface area contributed by atoms with Crippen molar-refractivity contribution in [3.05, 3.63) is 0 Å². The summed E-state index contributed by atoms with van der Waals surface area (Å²) in [4.78, 5) is 11.7. The van der Waals surface area contributed by atoms with Gasteiger partial charge in [0.25, 0.3) is 0 Å². The maximum atomic E-state index is 11.7. The molecule has 1 aliphatic rings. The molecule has 0 aromatic carbocycles. The van der Waals surface area contributed by atoms with Crippen molar-refractivity contribution in [2.24, 2.45) is 0 Å². The minimum absolute atomic E-state index is 0.0881. The molecular weight excluding hydrogens is 276 g/mol. The zero-order valence-corrected chi connectivity index (χ0v) is 15.0. The molecule has 0 N–H and O–H groups in total. The second kappa shape index (κ2) is 11.0. The number of rotatable bonds is 14. The number of esters is 1. The Hall–Kier alpha value is -0.570. The highest BCUT2D eigenvalue weighted by molar-refractivity contribution is 5.82. The van der Waals surface area contributed by atoms with E-state index in [4.69, 9.17) is 9.47 Å². The van der Waals surface area contributed by atoms with E-state index in [2.05, 4.69) is 6.92 Å². The van der Waals surface area contributed by atoms with Gasteiger partial charge in [-0.25, -0.2) is 4.79 Å². The first kappa shape index (κ1) is 19.5. The van der Waals surface area contributed by atoms with E-state index in [1.165, 1.54) is 64.2 Å². The third-order valence-electron chi connectivity index (χ3n) is 4.69. The minimum Gasteiger partial charge on any atom is -0.464 e. The molecule has 1 saturated heterocycles. The predicted octanol–water partition coefficient (Wildman–Crippen LogP) is 5.41. The van der Waals surface area contributed by atoms with Crippen molar-refractivity contribution >= 4 is 5.97 Å². The molecule has 0 aliphatic carbocycles. The SMILES string of the molecule is CCCCCCCCCCCCC[C@@H]1O[C@]1(C)C(=O)OCC. The second-order valence-corrected chi connectivity index (χ2v) is 6.76. The van der Waals surface area contributed by atoms with Crippen LogP contribution in [-0.4, -0.2) is 24.3 Å². The van der Waals surface area contributed by atoms with Crippen molar-refractivity contribution in [1.29, 1.82) is 0 Å². The van der Waals surface area contributed by atoms with Crippen LogP contribution in [0.2, 0.25) is 0 Å². The van der Waals surface area contributed by atoms with E-state index in [0.717, 1.165) is 12.8 Å². The Morgan fingerprint density at radius 2 is 1.41 bits per heavy atom. The Labute approximate surface area is 137 Å². The fraction of sp³-hybridized carbons (Fsp3) is 0.947. The van der Waals surface area contributed by atoms with Crippen molar-refractivity contribution in [1.82, 2.24) is 0 Å². The van der Waals surface area contributed by atoms with Crippen LogP contribution in [0, 0.1) is 0 Å². The molecule has 0 aromatic rings. The van der Waals surface area contributed by atoms with Crippen molar-refractivity contribution in [3.63, 3.8) is 0 Å². The maximum Gasteiger partial charge on any atom is 0.340 e. The van der Waals surface area contributed by atoms with Crippen LogP contribution >= 0.6 is 0 Å². The van der Waals surface area contributed by atoms with Gasteiger partial charge in [-0.2, -0.15) is 0 Å². The lowest BCUT2D eigenvalue weighted by Crippen LogP contribution is -2.26. The summed E-state index contributed by atoms with van der Waals surface area (Å²) in [5.74, 6) is -0.192. The van der Waals surface area contributed by atoms with E-state index in [-0.39, 0.29) is 12.1 Å². The molecule has 1 aliphatic heterocycles. The molecule has 22 heavy (non-hydrogen) atoms. The summed E-state index contributed by atoms with van der Waals surface area (Å²) >= 11 is 0. The molecule has 3 nitrogen and oxygen atoms in total. The molecule has 0 aromatic heterocycles. The molecule has 0 bridgehead atoms. The van der Waals surface area contributed by atoms with E-state index >= 15 is 0 Å². The lowest BCUT2D eigenvalue weighted by Gasteiger charge is -2.05. The molecule has 1 heterocycles. The molecule has 0 unspecified atom stereocenters. The number of carbonyl (C=O) groups excluding carboxylic acids is 1. The molecule has 0 spiro atoms. The summed E-state index contributed by atoms with van der Waals surface area (Å²) in [7, 11) is 0. The first-order valence-corrected chi connectivity index (χ1v) is 9.50. The van der Waals surface area contributed by atoms with Gasteiger partial charge in [0.1, 0.15) is 0 Å². The van der Waals surface area contributed by atoms with Gasteiger partial charge in [-0.05, 0) is 20.3 Å². The largest absolute Gasteiger partial charge is 0.464 e. The number of epoxide rings is 1. The average molecular weight is 312 g/mol. The van der Waals surface area contributed by atoms with Gasteiger partial charge in [0, 0.05) is 0 Å². The lowest BCUT2D eigenvalue weighted by molar-refractivity contribution is -0.148. The average Bonchev–Trinajstić information content (AvgIpc) is 3.17. The standard InChI is InChI=1S/C19H36O3/c1-4-6-7-8-9-10-11-12-13-14-15-16-17-19(3,22-17)18(20)21-5-2/h17H,4-16H2,1-3H3/t17-,19-/m0/s1. The Bertz CT molecular complexity index is 303. The molecule has 0 radical (unpaired) electrons. The maximum absolute atomic E-state index is 11.7. The number of hydrogen-bond acceptors (Lipinski definition) is 3. The van der Waals surface area contributed by atoms with Gasteiger partial charge in [-0.1, -0.05) is 77.6 Å². The minimum atomic E-state index is -0.644. The second-order valence-electron chi connectivity index (χ2n) is 6.76.